The molecule has 0 amide bonds. The standard InChI is InChI=1S/C14H12N2S/c1-2-6-12(7-3-1)17-11-16-10-15-13-8-4-5-9-14(13)16/h1-10H,11H2/i10D. The number of hydrogen-bond acceptors (Lipinski definition) is 2. The van der Waals surface area contributed by atoms with Gasteiger partial charge in [-0.05, 0) is 24.3 Å². The van der Waals surface area contributed by atoms with Crippen LogP contribution in [0, 0.1) is 0 Å². The van der Waals surface area contributed by atoms with Gasteiger partial charge in [-0.3, -0.25) is 0 Å². The fourth-order valence-electron chi connectivity index (χ4n) is 1.71. The predicted molar refractivity (Wildman–Crippen MR) is 72.0 cm³/mol. The Morgan fingerprint density at radius 1 is 1.06 bits per heavy atom. The molecule has 1 aromatic heterocycles. The minimum Gasteiger partial charge on any atom is -0.320 e. The first-order valence-electron chi connectivity index (χ1n) is 5.94. The molecule has 0 fully saturated rings. The number of imidazole rings is 1. The average molecular weight is 241 g/mol. The van der Waals surface area contributed by atoms with E-state index in [4.69, 9.17) is 1.37 Å². The second kappa shape index (κ2) is 4.63. The third kappa shape index (κ3) is 2.19. The van der Waals surface area contributed by atoms with Crippen LogP contribution in [0.3, 0.4) is 0 Å². The van der Waals surface area contributed by atoms with E-state index in [9.17, 15) is 0 Å². The summed E-state index contributed by atoms with van der Waals surface area (Å²) in [5, 5.41) is 0. The van der Waals surface area contributed by atoms with Gasteiger partial charge < -0.3 is 4.57 Å². The number of hydrogen-bond donors (Lipinski definition) is 0. The number of nitrogens with zero attached hydrogens (tertiary/aromatic N) is 2. The van der Waals surface area contributed by atoms with Crippen LogP contribution in [0.15, 0.2) is 65.8 Å². The fourth-order valence-corrected chi connectivity index (χ4v) is 2.53. The van der Waals surface area contributed by atoms with Crippen molar-refractivity contribution in [3.63, 3.8) is 0 Å². The van der Waals surface area contributed by atoms with E-state index in [1.54, 1.807) is 11.8 Å². The van der Waals surface area contributed by atoms with Crippen LogP contribution >= 0.6 is 11.8 Å². The van der Waals surface area contributed by atoms with Crippen LogP contribution in [-0.2, 0) is 5.88 Å². The van der Waals surface area contributed by atoms with Gasteiger partial charge in [0.15, 0.2) is 0 Å². The Labute approximate surface area is 106 Å². The molecule has 0 unspecified atom stereocenters. The molecular weight excluding hydrogens is 228 g/mol. The first-order chi connectivity index (χ1) is 8.84. The molecule has 3 rings (SSSR count). The molecule has 2 nitrogen and oxygen atoms in total. The number of aromatic nitrogens is 2. The van der Waals surface area contributed by atoms with E-state index in [0.29, 0.717) is 12.2 Å². The summed E-state index contributed by atoms with van der Waals surface area (Å²) in [4.78, 5) is 5.45. The Morgan fingerprint density at radius 2 is 1.82 bits per heavy atom. The highest BCUT2D eigenvalue weighted by molar-refractivity contribution is 7.98. The number of para-hydroxylation sites is 2. The lowest BCUT2D eigenvalue weighted by Crippen LogP contribution is -1.91. The van der Waals surface area contributed by atoms with Gasteiger partial charge in [-0.25, -0.2) is 4.98 Å². The van der Waals surface area contributed by atoms with Gasteiger partial charge in [0.25, 0.3) is 0 Å². The second-order valence-corrected chi connectivity index (χ2v) is 4.73. The third-order valence-corrected chi connectivity index (χ3v) is 3.56. The van der Waals surface area contributed by atoms with E-state index in [2.05, 4.69) is 17.1 Å². The lowest BCUT2D eigenvalue weighted by Gasteiger charge is -2.03. The van der Waals surface area contributed by atoms with Crippen molar-refractivity contribution in [2.45, 2.75) is 10.8 Å². The summed E-state index contributed by atoms with van der Waals surface area (Å²) in [6.07, 6.45) is 0.319. The molecule has 1 heterocycles. The van der Waals surface area contributed by atoms with E-state index in [0.717, 1.165) is 11.0 Å². The van der Waals surface area contributed by atoms with E-state index in [1.807, 2.05) is 47.0 Å². The number of thioether (sulfide) groups is 1. The summed E-state index contributed by atoms with van der Waals surface area (Å²) in [6.45, 7) is 0. The maximum Gasteiger partial charge on any atom is 0.104 e. The lowest BCUT2D eigenvalue weighted by atomic mass is 10.3. The maximum absolute atomic E-state index is 7.90. The van der Waals surface area contributed by atoms with Crippen LogP contribution in [-0.4, -0.2) is 9.55 Å². The minimum atomic E-state index is 0.319. The van der Waals surface area contributed by atoms with Crippen molar-refractivity contribution in [1.29, 1.82) is 0 Å². The van der Waals surface area contributed by atoms with E-state index >= 15 is 0 Å². The number of fused-ring (bicyclic) bond motifs is 1. The van der Waals surface area contributed by atoms with Crippen LogP contribution in [0.2, 0.25) is 0 Å². The zero-order chi connectivity index (χ0) is 12.4. The first-order valence-corrected chi connectivity index (χ1v) is 6.43. The molecule has 3 heteroatoms. The Balaban J connectivity index is 1.89. The third-order valence-electron chi connectivity index (χ3n) is 2.57. The molecule has 0 atom stereocenters. The number of rotatable bonds is 3. The molecule has 0 saturated heterocycles. The van der Waals surface area contributed by atoms with Crippen LogP contribution in [0.5, 0.6) is 0 Å². The van der Waals surface area contributed by atoms with E-state index in [1.165, 1.54) is 4.90 Å². The molecule has 0 aliphatic rings. The SMILES string of the molecule is [2H]c1nc2ccccc2n1CSc1ccccc1. The molecule has 0 aliphatic carbocycles. The molecule has 17 heavy (non-hydrogen) atoms. The lowest BCUT2D eigenvalue weighted by molar-refractivity contribution is 0.922. The van der Waals surface area contributed by atoms with Gasteiger partial charge >= 0.3 is 0 Å². The monoisotopic (exact) mass is 241 g/mol. The highest BCUT2D eigenvalue weighted by atomic mass is 32.2. The van der Waals surface area contributed by atoms with Gasteiger partial charge in [0.1, 0.15) is 1.37 Å². The molecular formula is C14H12N2S. The van der Waals surface area contributed by atoms with Crippen molar-refractivity contribution in [3.8, 4) is 0 Å². The summed E-state index contributed by atoms with van der Waals surface area (Å²) in [6, 6.07) is 18.1. The van der Waals surface area contributed by atoms with Crippen molar-refractivity contribution >= 4 is 22.8 Å². The molecule has 0 spiro atoms. The van der Waals surface area contributed by atoms with Crippen LogP contribution in [0.1, 0.15) is 1.37 Å². The van der Waals surface area contributed by atoms with Crippen molar-refractivity contribution in [3.05, 3.63) is 60.9 Å². The van der Waals surface area contributed by atoms with Crippen LogP contribution < -0.4 is 0 Å². The second-order valence-electron chi connectivity index (χ2n) is 3.72. The smallest absolute Gasteiger partial charge is 0.104 e. The predicted octanol–water partition coefficient (Wildman–Crippen LogP) is 3.79. The Kier molecular flexibility index (Phi) is 2.54. The average Bonchev–Trinajstić information content (AvgIpc) is 2.73. The molecule has 0 radical (unpaired) electrons. The zero-order valence-electron chi connectivity index (χ0n) is 10.2. The van der Waals surface area contributed by atoms with Crippen molar-refractivity contribution in [2.75, 3.05) is 0 Å². The Bertz CT molecular complexity index is 664. The van der Waals surface area contributed by atoms with Gasteiger partial charge in [-0.1, -0.05) is 30.3 Å². The normalized spacial score (nSPS) is 11.6. The minimum absolute atomic E-state index is 0.319. The molecule has 0 N–H and O–H groups in total. The fraction of sp³-hybridized carbons (Fsp3) is 0.0714. The van der Waals surface area contributed by atoms with Gasteiger partial charge in [-0.2, -0.15) is 0 Å². The maximum atomic E-state index is 7.90. The van der Waals surface area contributed by atoms with Crippen molar-refractivity contribution in [2.24, 2.45) is 0 Å². The molecule has 0 aliphatic heterocycles. The molecule has 84 valence electrons. The first kappa shape index (κ1) is 9.31. The summed E-state index contributed by atoms with van der Waals surface area (Å²) in [5.74, 6) is 0.712. The zero-order valence-corrected chi connectivity index (χ0v) is 10.0. The largest absolute Gasteiger partial charge is 0.320 e. The summed E-state index contributed by atoms with van der Waals surface area (Å²) < 4.78 is 9.83. The van der Waals surface area contributed by atoms with Crippen molar-refractivity contribution < 1.29 is 1.37 Å². The number of benzene rings is 2. The highest BCUT2D eigenvalue weighted by Crippen LogP contribution is 2.21. The van der Waals surface area contributed by atoms with Crippen molar-refractivity contribution in [1.82, 2.24) is 9.55 Å². The molecule has 2 aromatic carbocycles. The van der Waals surface area contributed by atoms with Gasteiger partial charge in [0, 0.05) is 4.90 Å². The Morgan fingerprint density at radius 3 is 2.71 bits per heavy atom. The molecule has 3 aromatic rings. The summed E-state index contributed by atoms with van der Waals surface area (Å²) in [5.41, 5.74) is 1.90. The van der Waals surface area contributed by atoms with Gasteiger partial charge in [0.05, 0.1) is 23.2 Å². The Hall–Kier alpha value is -1.74. The highest BCUT2D eigenvalue weighted by Gasteiger charge is 2.01. The van der Waals surface area contributed by atoms with Gasteiger partial charge in [0.2, 0.25) is 0 Å². The molecule has 0 bridgehead atoms. The molecule has 0 saturated carbocycles. The summed E-state index contributed by atoms with van der Waals surface area (Å²) in [7, 11) is 0. The van der Waals surface area contributed by atoms with Crippen LogP contribution in [0.25, 0.3) is 11.0 Å². The van der Waals surface area contributed by atoms with Crippen LogP contribution in [0.4, 0.5) is 0 Å². The van der Waals surface area contributed by atoms with Gasteiger partial charge in [-0.15, -0.1) is 11.8 Å². The summed E-state index contributed by atoms with van der Waals surface area (Å²) >= 11 is 1.71. The van der Waals surface area contributed by atoms with E-state index in [-0.39, 0.29) is 0 Å². The topological polar surface area (TPSA) is 17.8 Å². The quantitative estimate of drug-likeness (QED) is 0.649. The van der Waals surface area contributed by atoms with E-state index < -0.39 is 0 Å².